The van der Waals surface area contributed by atoms with E-state index in [0.29, 0.717) is 5.69 Å². The molecular weight excluding hydrogens is 328 g/mol. The van der Waals surface area contributed by atoms with Crippen LogP contribution >= 0.6 is 15.9 Å². The summed E-state index contributed by atoms with van der Waals surface area (Å²) in [5.41, 5.74) is 2.20. The van der Waals surface area contributed by atoms with Gasteiger partial charge in [0, 0.05) is 10.7 Å². The molecule has 0 saturated heterocycles. The summed E-state index contributed by atoms with van der Waals surface area (Å²) in [7, 11) is -3.44. The van der Waals surface area contributed by atoms with E-state index in [0.717, 1.165) is 15.6 Å². The minimum Gasteiger partial charge on any atom is -0.282 e. The quantitative estimate of drug-likeness (QED) is 0.930. The summed E-state index contributed by atoms with van der Waals surface area (Å²) in [5, 5.41) is 0. The Balaban J connectivity index is 2.18. The maximum Gasteiger partial charge on any atom is 0.236 e. The van der Waals surface area contributed by atoms with E-state index in [1.54, 1.807) is 12.3 Å². The van der Waals surface area contributed by atoms with E-state index in [4.69, 9.17) is 0 Å². The number of hydrogen-bond acceptors (Lipinski definition) is 3. The van der Waals surface area contributed by atoms with Gasteiger partial charge in [-0.1, -0.05) is 24.3 Å². The second kappa shape index (κ2) is 5.71. The maximum absolute atomic E-state index is 12.1. The molecule has 19 heavy (non-hydrogen) atoms. The highest BCUT2D eigenvalue weighted by atomic mass is 79.9. The molecule has 1 heterocycles. The summed E-state index contributed by atoms with van der Waals surface area (Å²) < 4.78 is 27.4. The Labute approximate surface area is 121 Å². The second-order valence-corrected chi connectivity index (χ2v) is 6.82. The van der Waals surface area contributed by atoms with Gasteiger partial charge in [0.05, 0.1) is 17.6 Å². The molecule has 0 amide bonds. The van der Waals surface area contributed by atoms with Gasteiger partial charge in [-0.25, -0.2) is 8.42 Å². The molecule has 0 aliphatic rings. The minimum atomic E-state index is -3.44. The Hall–Kier alpha value is -1.40. The zero-order chi connectivity index (χ0) is 13.9. The van der Waals surface area contributed by atoms with Crippen molar-refractivity contribution in [2.75, 3.05) is 4.72 Å². The molecular formula is C13H13BrN2O2S. The number of nitrogens with zero attached hydrogens (tertiary/aromatic N) is 1. The molecule has 1 aromatic heterocycles. The number of aryl methyl sites for hydroxylation is 1. The maximum atomic E-state index is 12.1. The lowest BCUT2D eigenvalue weighted by Crippen LogP contribution is -2.15. The fourth-order valence-electron chi connectivity index (χ4n) is 1.66. The Bertz CT molecular complexity index is 687. The van der Waals surface area contributed by atoms with Gasteiger partial charge >= 0.3 is 0 Å². The van der Waals surface area contributed by atoms with E-state index >= 15 is 0 Å². The highest BCUT2D eigenvalue weighted by Crippen LogP contribution is 2.17. The molecule has 2 rings (SSSR count). The van der Waals surface area contributed by atoms with Crippen molar-refractivity contribution in [1.82, 2.24) is 4.98 Å². The largest absolute Gasteiger partial charge is 0.282 e. The van der Waals surface area contributed by atoms with Gasteiger partial charge in [0.15, 0.2) is 0 Å². The monoisotopic (exact) mass is 340 g/mol. The average Bonchev–Trinajstić information content (AvgIpc) is 2.31. The van der Waals surface area contributed by atoms with Crippen LogP contribution in [0, 0.1) is 6.92 Å². The van der Waals surface area contributed by atoms with Gasteiger partial charge in [-0.2, -0.15) is 0 Å². The predicted octanol–water partition coefficient (Wildman–Crippen LogP) is 3.09. The Kier molecular flexibility index (Phi) is 4.21. The third-order valence-corrected chi connectivity index (χ3v) is 4.26. The van der Waals surface area contributed by atoms with E-state index in [9.17, 15) is 8.42 Å². The van der Waals surface area contributed by atoms with E-state index in [1.165, 1.54) is 6.20 Å². The molecule has 0 spiro atoms. The van der Waals surface area contributed by atoms with Crippen LogP contribution in [0.3, 0.4) is 0 Å². The molecule has 1 N–H and O–H groups in total. The lowest BCUT2D eigenvalue weighted by molar-refractivity contribution is 0.600. The minimum absolute atomic E-state index is 0.0494. The van der Waals surface area contributed by atoms with E-state index in [1.807, 2.05) is 31.2 Å². The number of benzene rings is 1. The number of nitrogens with one attached hydrogen (secondary N) is 1. The normalized spacial score (nSPS) is 11.3. The van der Waals surface area contributed by atoms with Crippen molar-refractivity contribution in [1.29, 1.82) is 0 Å². The number of sulfonamides is 1. The van der Waals surface area contributed by atoms with Crippen LogP contribution in [-0.4, -0.2) is 13.4 Å². The van der Waals surface area contributed by atoms with E-state index in [-0.39, 0.29) is 5.75 Å². The summed E-state index contributed by atoms with van der Waals surface area (Å²) in [5.74, 6) is -0.0494. The summed E-state index contributed by atoms with van der Waals surface area (Å²) in [4.78, 5) is 3.92. The molecule has 4 nitrogen and oxygen atoms in total. The van der Waals surface area contributed by atoms with Gasteiger partial charge in [0.25, 0.3) is 0 Å². The zero-order valence-corrected chi connectivity index (χ0v) is 12.7. The van der Waals surface area contributed by atoms with Crippen LogP contribution in [0.2, 0.25) is 0 Å². The van der Waals surface area contributed by atoms with Crippen molar-refractivity contribution in [3.8, 4) is 0 Å². The van der Waals surface area contributed by atoms with Crippen molar-refractivity contribution in [3.63, 3.8) is 0 Å². The Morgan fingerprint density at radius 3 is 2.68 bits per heavy atom. The highest BCUT2D eigenvalue weighted by Gasteiger charge is 2.13. The summed E-state index contributed by atoms with van der Waals surface area (Å²) in [6.07, 6.45) is 3.07. The predicted molar refractivity (Wildman–Crippen MR) is 79.4 cm³/mol. The summed E-state index contributed by atoms with van der Waals surface area (Å²) in [6.45, 7) is 1.89. The van der Waals surface area contributed by atoms with Gasteiger partial charge in [-0.3, -0.25) is 9.71 Å². The average molecular weight is 341 g/mol. The van der Waals surface area contributed by atoms with Gasteiger partial charge < -0.3 is 0 Å². The molecule has 6 heteroatoms. The van der Waals surface area contributed by atoms with Gasteiger partial charge in [-0.05, 0) is 40.0 Å². The summed E-state index contributed by atoms with van der Waals surface area (Å²) in [6, 6.07) is 9.09. The molecule has 0 unspecified atom stereocenters. The van der Waals surface area contributed by atoms with Gasteiger partial charge in [-0.15, -0.1) is 0 Å². The van der Waals surface area contributed by atoms with E-state index in [2.05, 4.69) is 25.6 Å². The Morgan fingerprint density at radius 1 is 1.26 bits per heavy atom. The number of aromatic nitrogens is 1. The first-order chi connectivity index (χ1) is 8.96. The topological polar surface area (TPSA) is 59.1 Å². The number of hydrogen-bond donors (Lipinski definition) is 1. The van der Waals surface area contributed by atoms with Crippen molar-refractivity contribution >= 4 is 31.6 Å². The standard InChI is InChI=1S/C13H13BrN2O2S/c1-10-4-2-3-5-11(10)9-19(17,18)16-13-6-12(14)7-15-8-13/h2-8,16H,9H2,1H3. The van der Waals surface area contributed by atoms with Crippen LogP contribution in [-0.2, 0) is 15.8 Å². The molecule has 0 fully saturated rings. The van der Waals surface area contributed by atoms with Crippen LogP contribution in [0.1, 0.15) is 11.1 Å². The smallest absolute Gasteiger partial charge is 0.236 e. The molecule has 0 aliphatic heterocycles. The third kappa shape index (κ3) is 4.04. The van der Waals surface area contributed by atoms with Crippen LogP contribution in [0.5, 0.6) is 0 Å². The molecule has 0 aliphatic carbocycles. The Morgan fingerprint density at radius 2 is 2.00 bits per heavy atom. The van der Waals surface area contributed by atoms with Crippen LogP contribution in [0.4, 0.5) is 5.69 Å². The molecule has 0 saturated carbocycles. The fraction of sp³-hybridized carbons (Fsp3) is 0.154. The molecule has 1 aromatic carbocycles. The zero-order valence-electron chi connectivity index (χ0n) is 10.3. The molecule has 0 bridgehead atoms. The lowest BCUT2D eigenvalue weighted by atomic mass is 10.1. The van der Waals surface area contributed by atoms with Crippen molar-refractivity contribution in [2.45, 2.75) is 12.7 Å². The third-order valence-electron chi connectivity index (χ3n) is 2.59. The van der Waals surface area contributed by atoms with Gasteiger partial charge in [0.2, 0.25) is 10.0 Å². The molecule has 100 valence electrons. The molecule has 0 atom stereocenters. The first-order valence-corrected chi connectivity index (χ1v) is 8.06. The van der Waals surface area contributed by atoms with Crippen LogP contribution in [0.25, 0.3) is 0 Å². The number of anilines is 1. The van der Waals surface area contributed by atoms with Crippen LogP contribution in [0.15, 0.2) is 47.2 Å². The first kappa shape index (κ1) is 14.0. The van der Waals surface area contributed by atoms with Crippen molar-refractivity contribution in [3.05, 3.63) is 58.3 Å². The molecule has 0 radical (unpaired) electrons. The lowest BCUT2D eigenvalue weighted by Gasteiger charge is -2.09. The fourth-order valence-corrected chi connectivity index (χ4v) is 3.30. The SMILES string of the molecule is Cc1ccccc1CS(=O)(=O)Nc1cncc(Br)c1. The number of halogens is 1. The second-order valence-electron chi connectivity index (χ2n) is 4.18. The highest BCUT2D eigenvalue weighted by molar-refractivity contribution is 9.10. The number of rotatable bonds is 4. The van der Waals surface area contributed by atoms with E-state index < -0.39 is 10.0 Å². The van der Waals surface area contributed by atoms with Gasteiger partial charge in [0.1, 0.15) is 0 Å². The van der Waals surface area contributed by atoms with Crippen molar-refractivity contribution in [2.24, 2.45) is 0 Å². The number of pyridine rings is 1. The van der Waals surface area contributed by atoms with Crippen molar-refractivity contribution < 1.29 is 8.42 Å². The first-order valence-electron chi connectivity index (χ1n) is 5.62. The molecule has 2 aromatic rings. The van der Waals surface area contributed by atoms with Crippen LogP contribution < -0.4 is 4.72 Å². The summed E-state index contributed by atoms with van der Waals surface area (Å²) >= 11 is 3.25.